The molecule has 8 heterocycles. The molecule has 0 fully saturated rings. The molecule has 12 heteroatoms. The van der Waals surface area contributed by atoms with Crippen LogP contribution in [0.25, 0.3) is 11.4 Å². The number of pyridine rings is 2. The van der Waals surface area contributed by atoms with Crippen molar-refractivity contribution in [3.8, 4) is 11.4 Å². The molecular formula is C73H73Ir2N8O2-3. The first-order chi connectivity index (χ1) is 39.5. The largest absolute Gasteiger partial charge is 0.318 e. The van der Waals surface area contributed by atoms with Crippen LogP contribution in [0.2, 0.25) is 0 Å². The molecular weight excluding hydrogens is 1410 g/mol. The molecule has 4 aromatic heterocycles. The first kappa shape index (κ1) is 63.3. The van der Waals surface area contributed by atoms with Gasteiger partial charge in [0.2, 0.25) is 0 Å². The summed E-state index contributed by atoms with van der Waals surface area (Å²) in [6, 6.07) is 66.7. The van der Waals surface area contributed by atoms with Crippen LogP contribution in [0, 0.1) is 45.9 Å². The number of benzene rings is 6. The molecule has 10 nitrogen and oxygen atoms in total. The molecule has 0 saturated carbocycles. The number of rotatable bonds is 4. The zero-order valence-electron chi connectivity index (χ0n) is 51.0. The number of nitrogens with zero attached hydrogens (tertiary/aromatic N) is 8. The van der Waals surface area contributed by atoms with E-state index >= 15 is 0 Å². The predicted molar refractivity (Wildman–Crippen MR) is 335 cm³/mol. The molecule has 4 aliphatic rings. The van der Waals surface area contributed by atoms with E-state index in [1.54, 1.807) is 0 Å². The van der Waals surface area contributed by atoms with E-state index < -0.39 is 0 Å². The van der Waals surface area contributed by atoms with E-state index in [-0.39, 0.29) is 79.9 Å². The summed E-state index contributed by atoms with van der Waals surface area (Å²) < 4.78 is 3.80. The molecule has 0 saturated heterocycles. The SMILES string of the molecule is CC(=O)CC(C)=O.CC1(C)c2ccc[c-]c2N2c3ncccc3C(C)(C)c3cccc1c32.CC1(C)c2ccccc2N2c3ncccc3C(C)(C)c3cccc1c32.Cc1cc(C)n(-c2[c-]cccc2)n1.Cc1cc(C)n(-c2[c-]cccc2)n1.[Ir].[Ir]. The van der Waals surface area contributed by atoms with Gasteiger partial charge in [-0.3, -0.25) is 23.9 Å². The van der Waals surface area contributed by atoms with Gasteiger partial charge in [-0.25, -0.2) is 9.97 Å². The van der Waals surface area contributed by atoms with E-state index in [9.17, 15) is 9.59 Å². The van der Waals surface area contributed by atoms with Crippen molar-refractivity contribution in [1.29, 1.82) is 0 Å². The zero-order valence-corrected chi connectivity index (χ0v) is 55.8. The molecule has 0 unspecified atom stereocenters. The third-order valence-corrected chi connectivity index (χ3v) is 16.5. The van der Waals surface area contributed by atoms with E-state index in [1.807, 2.05) is 110 Å². The van der Waals surface area contributed by atoms with Gasteiger partial charge < -0.3 is 4.90 Å². The number of aromatic nitrogens is 6. The van der Waals surface area contributed by atoms with Gasteiger partial charge in [0.05, 0.1) is 34.9 Å². The second-order valence-corrected chi connectivity index (χ2v) is 24.0. The van der Waals surface area contributed by atoms with Crippen LogP contribution < -0.4 is 9.80 Å². The Kier molecular flexibility index (Phi) is 18.7. The van der Waals surface area contributed by atoms with Crippen LogP contribution >= 0.6 is 0 Å². The van der Waals surface area contributed by atoms with Crippen molar-refractivity contribution in [3.05, 3.63) is 262 Å². The Hall–Kier alpha value is -7.72. The van der Waals surface area contributed by atoms with Crippen molar-refractivity contribution in [2.45, 2.75) is 125 Å². The number of carbonyl (C=O) groups excluding carboxylic acids is 2. The molecule has 438 valence electrons. The van der Waals surface area contributed by atoms with Gasteiger partial charge in [-0.2, -0.15) is 83.0 Å². The summed E-state index contributed by atoms with van der Waals surface area (Å²) in [5.74, 6) is 1.97. The monoisotopic (exact) mass is 1480 g/mol. The number of hydrogen-bond acceptors (Lipinski definition) is 8. The summed E-state index contributed by atoms with van der Waals surface area (Å²) in [7, 11) is 0. The van der Waals surface area contributed by atoms with Gasteiger partial charge in [0.25, 0.3) is 0 Å². The molecule has 6 aromatic carbocycles. The summed E-state index contributed by atoms with van der Waals surface area (Å²) in [4.78, 5) is 34.4. The van der Waals surface area contributed by atoms with Crippen LogP contribution in [0.4, 0.5) is 34.4 Å². The van der Waals surface area contributed by atoms with E-state index in [1.165, 1.54) is 75.4 Å². The number of ketones is 2. The second kappa shape index (κ2) is 25.1. The summed E-state index contributed by atoms with van der Waals surface area (Å²) in [5, 5.41) is 8.73. The van der Waals surface area contributed by atoms with E-state index in [0.717, 1.165) is 51.5 Å². The average molecular weight is 1480 g/mol. The van der Waals surface area contributed by atoms with Crippen LogP contribution in [0.1, 0.15) is 143 Å². The van der Waals surface area contributed by atoms with Gasteiger partial charge in [0.15, 0.2) is 0 Å². The fourth-order valence-electron chi connectivity index (χ4n) is 12.4. The summed E-state index contributed by atoms with van der Waals surface area (Å²) in [6.07, 6.45) is 3.88. The van der Waals surface area contributed by atoms with Crippen molar-refractivity contribution in [2.75, 3.05) is 9.80 Å². The second-order valence-electron chi connectivity index (χ2n) is 24.0. The van der Waals surface area contributed by atoms with Crippen molar-refractivity contribution in [2.24, 2.45) is 0 Å². The summed E-state index contributed by atoms with van der Waals surface area (Å²) >= 11 is 0. The van der Waals surface area contributed by atoms with Gasteiger partial charge >= 0.3 is 0 Å². The smallest absolute Gasteiger partial charge is 0.141 e. The number of para-hydroxylation sites is 6. The molecule has 0 aliphatic carbocycles. The Morgan fingerprint density at radius 2 is 0.800 bits per heavy atom. The third kappa shape index (κ3) is 11.9. The maximum Gasteiger partial charge on any atom is 0.141 e. The van der Waals surface area contributed by atoms with Crippen molar-refractivity contribution in [1.82, 2.24) is 29.5 Å². The number of anilines is 6. The van der Waals surface area contributed by atoms with Crippen LogP contribution in [0.15, 0.2) is 176 Å². The first-order valence-corrected chi connectivity index (χ1v) is 28.4. The molecule has 0 atom stereocenters. The fraction of sp³-hybridized carbons (Fsp3) is 0.260. The number of aryl methyl sites for hydroxylation is 4. The van der Waals surface area contributed by atoms with Crippen molar-refractivity contribution >= 4 is 46.0 Å². The summed E-state index contributed by atoms with van der Waals surface area (Å²) in [6.45, 7) is 29.4. The van der Waals surface area contributed by atoms with E-state index in [0.29, 0.717) is 0 Å². The first-order valence-electron chi connectivity index (χ1n) is 28.4. The molecule has 85 heavy (non-hydrogen) atoms. The molecule has 10 aromatic rings. The van der Waals surface area contributed by atoms with Crippen molar-refractivity contribution < 1.29 is 49.8 Å². The Bertz CT molecular complexity index is 3630. The topological polar surface area (TPSA) is 102 Å². The minimum Gasteiger partial charge on any atom is -0.318 e. The van der Waals surface area contributed by atoms with Crippen molar-refractivity contribution in [3.63, 3.8) is 0 Å². The van der Waals surface area contributed by atoms with Crippen LogP contribution in [-0.2, 0) is 71.5 Å². The maximum atomic E-state index is 10.0. The van der Waals surface area contributed by atoms with Crippen LogP contribution in [-0.4, -0.2) is 41.1 Å². The zero-order chi connectivity index (χ0) is 59.2. The Balaban J connectivity index is 0.000000146. The quantitative estimate of drug-likeness (QED) is 0.127. The average Bonchev–Trinajstić information content (AvgIpc) is 1.06. The minimum atomic E-state index is -0.0756. The van der Waals surface area contributed by atoms with E-state index in [2.05, 4.69) is 197 Å². The fourth-order valence-corrected chi connectivity index (χ4v) is 12.4. The van der Waals surface area contributed by atoms with Gasteiger partial charge in [-0.1, -0.05) is 128 Å². The molecule has 0 spiro atoms. The van der Waals surface area contributed by atoms with Gasteiger partial charge in [0.1, 0.15) is 23.2 Å². The molecule has 0 amide bonds. The number of hydrogen-bond donors (Lipinski definition) is 0. The number of carbonyl (C=O) groups is 2. The Morgan fingerprint density at radius 3 is 1.22 bits per heavy atom. The van der Waals surface area contributed by atoms with Gasteiger partial charge in [0, 0.05) is 91.4 Å². The van der Waals surface area contributed by atoms with Gasteiger partial charge in [-0.05, 0) is 116 Å². The molecule has 0 N–H and O–H groups in total. The number of fused-ring (bicyclic) bond motifs is 8. The van der Waals surface area contributed by atoms with Crippen LogP contribution in [0.5, 0.6) is 0 Å². The molecule has 2 radical (unpaired) electrons. The molecule has 14 rings (SSSR count). The predicted octanol–water partition coefficient (Wildman–Crippen LogP) is 16.6. The minimum absolute atomic E-state index is 0. The third-order valence-electron chi connectivity index (χ3n) is 16.5. The van der Waals surface area contributed by atoms with Gasteiger partial charge in [-0.15, -0.1) is 17.7 Å². The standard InChI is InChI=1S/C23H22N2.C23H21N2.2C11H11N2.C5H8O2.2Ir/c2*1-22(2)15-9-5-6-13-19(15)25-20-16(22)10-7-11-17(20)23(3,4)18-12-8-14-24-21(18)25;2*1-9-8-10(2)13(12-9)11-6-4-3-5-7-11;1-4(6)3-5(2)7;;/h5-14H,1-4H3;5-12,14H,1-4H3;2*3-6,8H,1-2H3;3H2,1-2H3;;/q;3*-1;;;. The maximum absolute atomic E-state index is 10.0. The molecule has 0 bridgehead atoms. The number of Topliss-reactive ketones (excluding diaryl/α,β-unsaturated/α-hetero) is 2. The molecule has 4 aliphatic heterocycles. The van der Waals surface area contributed by atoms with E-state index in [4.69, 9.17) is 9.97 Å². The Morgan fingerprint density at radius 1 is 0.424 bits per heavy atom. The van der Waals surface area contributed by atoms with Crippen LogP contribution in [0.3, 0.4) is 0 Å². The summed E-state index contributed by atoms with van der Waals surface area (Å²) in [5.41, 5.74) is 21.8. The Labute approximate surface area is 529 Å². The normalized spacial score (nSPS) is 14.5.